The van der Waals surface area contributed by atoms with Crippen molar-refractivity contribution in [1.82, 2.24) is 14.7 Å². The molecular formula is C18H17N3O2S. The Morgan fingerprint density at radius 2 is 1.92 bits per heavy atom. The Morgan fingerprint density at radius 1 is 1.12 bits per heavy atom. The van der Waals surface area contributed by atoms with Gasteiger partial charge in [0.05, 0.1) is 12.2 Å². The molecule has 1 aromatic carbocycles. The Balaban J connectivity index is 1.91. The lowest BCUT2D eigenvalue weighted by Gasteiger charge is -2.20. The summed E-state index contributed by atoms with van der Waals surface area (Å²) in [5.41, 5.74) is 0.634. The molecule has 122 valence electrons. The molecule has 1 amide bonds. The van der Waals surface area contributed by atoms with Gasteiger partial charge in [-0.3, -0.25) is 9.59 Å². The van der Waals surface area contributed by atoms with Gasteiger partial charge in [0.2, 0.25) is 0 Å². The molecule has 0 N–H and O–H groups in total. The van der Waals surface area contributed by atoms with E-state index in [1.807, 2.05) is 42.6 Å². The molecule has 0 aliphatic carbocycles. The Morgan fingerprint density at radius 3 is 2.58 bits per heavy atom. The lowest BCUT2D eigenvalue weighted by atomic mass is 10.3. The van der Waals surface area contributed by atoms with Gasteiger partial charge in [0, 0.05) is 17.5 Å². The quantitative estimate of drug-likeness (QED) is 0.718. The van der Waals surface area contributed by atoms with E-state index in [9.17, 15) is 9.59 Å². The van der Waals surface area contributed by atoms with Crippen molar-refractivity contribution in [2.24, 2.45) is 0 Å². The van der Waals surface area contributed by atoms with E-state index in [-0.39, 0.29) is 17.2 Å². The molecule has 6 heteroatoms. The Labute approximate surface area is 143 Å². The highest BCUT2D eigenvalue weighted by Gasteiger charge is 2.17. The first-order valence-corrected chi connectivity index (χ1v) is 8.54. The van der Waals surface area contributed by atoms with Gasteiger partial charge in [-0.2, -0.15) is 9.78 Å². The van der Waals surface area contributed by atoms with Gasteiger partial charge in [-0.05, 0) is 36.6 Å². The summed E-state index contributed by atoms with van der Waals surface area (Å²) in [6, 6.07) is 15.9. The van der Waals surface area contributed by atoms with Gasteiger partial charge < -0.3 is 4.90 Å². The number of amides is 1. The van der Waals surface area contributed by atoms with Gasteiger partial charge in [0.25, 0.3) is 11.5 Å². The summed E-state index contributed by atoms with van der Waals surface area (Å²) >= 11 is 1.61. The topological polar surface area (TPSA) is 55.2 Å². The molecule has 0 spiro atoms. The summed E-state index contributed by atoms with van der Waals surface area (Å²) in [7, 11) is 0. The Kier molecular flexibility index (Phi) is 4.86. The first-order chi connectivity index (χ1) is 11.7. The number of hydrogen-bond donors (Lipinski definition) is 0. The average Bonchev–Trinajstić information content (AvgIpc) is 3.13. The van der Waals surface area contributed by atoms with Crippen LogP contribution in [0.1, 0.15) is 22.3 Å². The van der Waals surface area contributed by atoms with Crippen LogP contribution in [-0.2, 0) is 6.54 Å². The van der Waals surface area contributed by atoms with Crippen molar-refractivity contribution in [3.63, 3.8) is 0 Å². The monoisotopic (exact) mass is 339 g/mol. The van der Waals surface area contributed by atoms with E-state index in [1.165, 1.54) is 16.8 Å². The maximum absolute atomic E-state index is 12.7. The fourth-order valence-corrected chi connectivity index (χ4v) is 3.08. The van der Waals surface area contributed by atoms with E-state index < -0.39 is 0 Å². The lowest BCUT2D eigenvalue weighted by Crippen LogP contribution is -2.33. The zero-order chi connectivity index (χ0) is 16.9. The van der Waals surface area contributed by atoms with E-state index in [0.717, 1.165) is 4.88 Å². The van der Waals surface area contributed by atoms with Gasteiger partial charge in [0.1, 0.15) is 5.69 Å². The van der Waals surface area contributed by atoms with Gasteiger partial charge >= 0.3 is 0 Å². The van der Waals surface area contributed by atoms with Crippen LogP contribution in [0.5, 0.6) is 0 Å². The zero-order valence-corrected chi connectivity index (χ0v) is 14.1. The average molecular weight is 339 g/mol. The standard InChI is InChI=1S/C18H17N3O2S/c1-2-20(13-15-9-6-12-24-15)18(23)16-10-11-17(22)21(19-16)14-7-4-3-5-8-14/h3-12H,2,13H2,1H3. The van der Waals surface area contributed by atoms with Gasteiger partial charge in [-0.15, -0.1) is 11.3 Å². The second kappa shape index (κ2) is 7.23. The predicted molar refractivity (Wildman–Crippen MR) is 94.6 cm³/mol. The molecule has 0 aliphatic rings. The minimum Gasteiger partial charge on any atom is -0.332 e. The van der Waals surface area contributed by atoms with Gasteiger partial charge in [-0.25, -0.2) is 0 Å². The van der Waals surface area contributed by atoms with Crippen molar-refractivity contribution in [3.05, 3.63) is 80.9 Å². The van der Waals surface area contributed by atoms with Crippen LogP contribution >= 0.6 is 11.3 Å². The van der Waals surface area contributed by atoms with E-state index in [4.69, 9.17) is 0 Å². The fourth-order valence-electron chi connectivity index (χ4n) is 2.36. The van der Waals surface area contributed by atoms with E-state index in [1.54, 1.807) is 28.4 Å². The van der Waals surface area contributed by atoms with Crippen LogP contribution in [0.4, 0.5) is 0 Å². The molecule has 0 unspecified atom stereocenters. The molecule has 2 heterocycles. The molecule has 0 bridgehead atoms. The highest BCUT2D eigenvalue weighted by atomic mass is 32.1. The number of hydrogen-bond acceptors (Lipinski definition) is 4. The van der Waals surface area contributed by atoms with Crippen molar-refractivity contribution >= 4 is 17.2 Å². The second-order valence-corrected chi connectivity index (χ2v) is 6.24. The molecule has 24 heavy (non-hydrogen) atoms. The molecule has 0 aliphatic heterocycles. The number of thiophene rings is 1. The molecule has 3 rings (SSSR count). The van der Waals surface area contributed by atoms with Crippen LogP contribution in [0.25, 0.3) is 5.69 Å². The van der Waals surface area contributed by atoms with Crippen LogP contribution in [0.3, 0.4) is 0 Å². The molecular weight excluding hydrogens is 322 g/mol. The maximum atomic E-state index is 12.7. The minimum absolute atomic E-state index is 0.185. The highest BCUT2D eigenvalue weighted by Crippen LogP contribution is 2.13. The highest BCUT2D eigenvalue weighted by molar-refractivity contribution is 7.09. The van der Waals surface area contributed by atoms with Crippen molar-refractivity contribution < 1.29 is 4.79 Å². The summed E-state index contributed by atoms with van der Waals surface area (Å²) in [6.07, 6.45) is 0. The SMILES string of the molecule is CCN(Cc1cccs1)C(=O)c1ccc(=O)n(-c2ccccc2)n1. The van der Waals surface area contributed by atoms with Crippen LogP contribution in [0, 0.1) is 0 Å². The van der Waals surface area contributed by atoms with E-state index >= 15 is 0 Å². The first kappa shape index (κ1) is 16.1. The van der Waals surface area contributed by atoms with Crippen molar-refractivity contribution in [1.29, 1.82) is 0 Å². The Bertz CT molecular complexity index is 873. The van der Waals surface area contributed by atoms with Crippen molar-refractivity contribution in [2.45, 2.75) is 13.5 Å². The Hall–Kier alpha value is -2.73. The molecule has 3 aromatic rings. The van der Waals surface area contributed by atoms with Crippen LogP contribution in [0.2, 0.25) is 0 Å². The van der Waals surface area contributed by atoms with Crippen molar-refractivity contribution in [3.8, 4) is 5.69 Å². The zero-order valence-electron chi connectivity index (χ0n) is 13.3. The maximum Gasteiger partial charge on any atom is 0.274 e. The number of aromatic nitrogens is 2. The molecule has 0 saturated heterocycles. The molecule has 0 atom stereocenters. The van der Waals surface area contributed by atoms with Gasteiger partial charge in [0.15, 0.2) is 0 Å². The normalized spacial score (nSPS) is 10.5. The third kappa shape index (κ3) is 3.44. The third-order valence-electron chi connectivity index (χ3n) is 3.62. The molecule has 2 aromatic heterocycles. The third-order valence-corrected chi connectivity index (χ3v) is 4.48. The second-order valence-electron chi connectivity index (χ2n) is 5.20. The smallest absolute Gasteiger partial charge is 0.274 e. The number of nitrogens with zero attached hydrogens (tertiary/aromatic N) is 3. The number of carbonyl (C=O) groups is 1. The number of carbonyl (C=O) groups excluding carboxylic acids is 1. The molecule has 0 fully saturated rings. The van der Waals surface area contributed by atoms with Gasteiger partial charge in [-0.1, -0.05) is 24.3 Å². The summed E-state index contributed by atoms with van der Waals surface area (Å²) in [4.78, 5) is 27.6. The van der Waals surface area contributed by atoms with Crippen LogP contribution in [0.15, 0.2) is 64.8 Å². The van der Waals surface area contributed by atoms with E-state index in [2.05, 4.69) is 5.10 Å². The first-order valence-electron chi connectivity index (χ1n) is 7.66. The number of rotatable bonds is 5. The van der Waals surface area contributed by atoms with E-state index in [0.29, 0.717) is 18.8 Å². The molecule has 0 radical (unpaired) electrons. The molecule has 0 saturated carbocycles. The van der Waals surface area contributed by atoms with Crippen LogP contribution < -0.4 is 5.56 Å². The summed E-state index contributed by atoms with van der Waals surface area (Å²) < 4.78 is 1.26. The molecule has 5 nitrogen and oxygen atoms in total. The van der Waals surface area contributed by atoms with Crippen molar-refractivity contribution in [2.75, 3.05) is 6.54 Å². The fraction of sp³-hybridized carbons (Fsp3) is 0.167. The van der Waals surface area contributed by atoms with Crippen LogP contribution in [-0.4, -0.2) is 27.1 Å². The predicted octanol–water partition coefficient (Wildman–Crippen LogP) is 2.96. The summed E-state index contributed by atoms with van der Waals surface area (Å²) in [5.74, 6) is -0.185. The summed E-state index contributed by atoms with van der Waals surface area (Å²) in [5, 5.41) is 6.24. The summed E-state index contributed by atoms with van der Waals surface area (Å²) in [6.45, 7) is 3.04. The lowest BCUT2D eigenvalue weighted by molar-refractivity contribution is 0.0746. The largest absolute Gasteiger partial charge is 0.332 e. The number of para-hydroxylation sites is 1. The minimum atomic E-state index is -0.265. The number of benzene rings is 1.